The molecule has 1 aliphatic rings. The third kappa shape index (κ3) is 8.85. The van der Waals surface area contributed by atoms with Crippen LogP contribution in [0.1, 0.15) is 35.1 Å². The second-order valence-electron chi connectivity index (χ2n) is 11.4. The quantitative estimate of drug-likeness (QED) is 0.139. The highest BCUT2D eigenvalue weighted by Gasteiger charge is 2.42. The lowest BCUT2D eigenvalue weighted by molar-refractivity contribution is -0.146. The summed E-state index contributed by atoms with van der Waals surface area (Å²) in [6.07, 6.45) is 2.39. The molecule has 10 nitrogen and oxygen atoms in total. The van der Waals surface area contributed by atoms with Crippen LogP contribution in [-0.4, -0.2) is 65.9 Å². The maximum Gasteiger partial charge on any atom is 0.306 e. The molecule has 1 heterocycles. The lowest BCUT2D eigenvalue weighted by Gasteiger charge is -2.47. The standard InChI is InChI=1S/C31H37NO6.C6H6O3S/c1-32-16-14-24-18-28(36-4)29(37-5)19-25(24)31(32,20-23-11-12-26(34-2)27(17-23)35-3)15-13-30(33)38-21-22-9-7-6-8-10-22;7-10(8,9)6-4-2-1-3-5-6/h6-12,17-19H,13-16,20-21H2,1-5H3;1-5H,(H,7,8,9)/t31-;/m1./s1. The molecular weight excluding hydrogens is 634 g/mol. The SMILES string of the molecule is COc1ccc(C[C@]2(CCC(=O)OCc3ccccc3)c3cc(OC)c(OC)cc3CCN2C)cc1OC.O=S(=O)(O)c1ccccc1. The van der Waals surface area contributed by atoms with Gasteiger partial charge < -0.3 is 23.7 Å². The van der Waals surface area contributed by atoms with Gasteiger partial charge in [-0.25, -0.2) is 0 Å². The summed E-state index contributed by atoms with van der Waals surface area (Å²) >= 11 is 0. The molecule has 0 bridgehead atoms. The highest BCUT2D eigenvalue weighted by Crippen LogP contribution is 2.46. The fourth-order valence-corrected chi connectivity index (χ4v) is 6.45. The Morgan fingerprint density at radius 1 is 0.771 bits per heavy atom. The van der Waals surface area contributed by atoms with Crippen molar-refractivity contribution < 1.29 is 41.4 Å². The molecule has 11 heteroatoms. The number of benzene rings is 4. The zero-order valence-electron chi connectivity index (χ0n) is 28.0. The van der Waals surface area contributed by atoms with Crippen LogP contribution in [0.5, 0.6) is 23.0 Å². The van der Waals surface area contributed by atoms with E-state index in [9.17, 15) is 13.2 Å². The van der Waals surface area contributed by atoms with Crippen molar-refractivity contribution in [1.82, 2.24) is 4.90 Å². The van der Waals surface area contributed by atoms with E-state index in [0.717, 1.165) is 29.7 Å². The summed E-state index contributed by atoms with van der Waals surface area (Å²) in [7, 11) is 4.68. The van der Waals surface area contributed by atoms with Crippen molar-refractivity contribution in [3.63, 3.8) is 0 Å². The largest absolute Gasteiger partial charge is 0.493 e. The molecule has 1 N–H and O–H groups in total. The van der Waals surface area contributed by atoms with Gasteiger partial charge in [-0.05, 0) is 85.0 Å². The first-order chi connectivity index (χ1) is 23.0. The first-order valence-electron chi connectivity index (χ1n) is 15.4. The lowest BCUT2D eigenvalue weighted by atomic mass is 9.73. The van der Waals surface area contributed by atoms with Gasteiger partial charge in [-0.1, -0.05) is 54.6 Å². The van der Waals surface area contributed by atoms with Crippen molar-refractivity contribution in [2.45, 2.75) is 42.7 Å². The summed E-state index contributed by atoms with van der Waals surface area (Å²) in [6.45, 7) is 1.11. The van der Waals surface area contributed by atoms with E-state index in [1.165, 1.54) is 17.7 Å². The second kappa shape index (κ2) is 16.5. The Labute approximate surface area is 282 Å². The van der Waals surface area contributed by atoms with Gasteiger partial charge in [0.1, 0.15) is 6.61 Å². The van der Waals surface area contributed by atoms with Crippen LogP contribution in [0.2, 0.25) is 0 Å². The molecule has 0 radical (unpaired) electrons. The molecule has 0 amide bonds. The van der Waals surface area contributed by atoms with Crippen LogP contribution in [0.3, 0.4) is 0 Å². The molecule has 0 fully saturated rings. The van der Waals surface area contributed by atoms with Gasteiger partial charge in [-0.2, -0.15) is 8.42 Å². The van der Waals surface area contributed by atoms with E-state index in [4.69, 9.17) is 28.2 Å². The van der Waals surface area contributed by atoms with Crippen LogP contribution in [0.25, 0.3) is 0 Å². The Hall–Kier alpha value is -4.58. The number of esters is 1. The number of methoxy groups -OCH3 is 4. The smallest absolute Gasteiger partial charge is 0.306 e. The average molecular weight is 678 g/mol. The molecular formula is C37H43NO9S. The molecule has 0 saturated carbocycles. The number of carbonyl (C=O) groups is 1. The average Bonchev–Trinajstić information content (AvgIpc) is 3.11. The maximum atomic E-state index is 13.0. The molecule has 0 spiro atoms. The Morgan fingerprint density at radius 2 is 1.35 bits per heavy atom. The third-order valence-corrected chi connectivity index (χ3v) is 9.40. The van der Waals surface area contributed by atoms with Gasteiger partial charge >= 0.3 is 5.97 Å². The summed E-state index contributed by atoms with van der Waals surface area (Å²) in [5.74, 6) is 2.51. The van der Waals surface area contributed by atoms with Crippen molar-refractivity contribution in [3.05, 3.63) is 113 Å². The van der Waals surface area contributed by atoms with Crippen molar-refractivity contribution in [2.75, 3.05) is 42.0 Å². The lowest BCUT2D eigenvalue weighted by Crippen LogP contribution is -2.50. The number of ether oxygens (including phenoxy) is 5. The van der Waals surface area contributed by atoms with E-state index in [0.29, 0.717) is 35.8 Å². The monoisotopic (exact) mass is 677 g/mol. The first kappa shape index (κ1) is 36.3. The zero-order chi connectivity index (χ0) is 34.7. The predicted molar refractivity (Wildman–Crippen MR) is 183 cm³/mol. The van der Waals surface area contributed by atoms with Crippen LogP contribution in [0.4, 0.5) is 0 Å². The minimum atomic E-state index is -4.00. The van der Waals surface area contributed by atoms with Gasteiger partial charge in [-0.3, -0.25) is 14.2 Å². The number of nitrogens with zero attached hydrogens (tertiary/aromatic N) is 1. The molecule has 0 unspecified atom stereocenters. The summed E-state index contributed by atoms with van der Waals surface area (Å²) in [5.41, 5.74) is 3.90. The highest BCUT2D eigenvalue weighted by molar-refractivity contribution is 7.85. The normalized spacial score (nSPS) is 15.7. The number of hydrogen-bond acceptors (Lipinski definition) is 9. The van der Waals surface area contributed by atoms with E-state index in [2.05, 4.69) is 30.1 Å². The second-order valence-corrected chi connectivity index (χ2v) is 12.8. The molecule has 1 atom stereocenters. The number of rotatable bonds is 12. The molecule has 4 aromatic carbocycles. The molecule has 1 aliphatic heterocycles. The van der Waals surface area contributed by atoms with Gasteiger partial charge in [-0.15, -0.1) is 0 Å². The molecule has 0 aliphatic carbocycles. The molecule has 48 heavy (non-hydrogen) atoms. The van der Waals surface area contributed by atoms with Crippen molar-refractivity contribution >= 4 is 16.1 Å². The topological polar surface area (TPSA) is 121 Å². The molecule has 256 valence electrons. The summed E-state index contributed by atoms with van der Waals surface area (Å²) < 4.78 is 57.2. The predicted octanol–water partition coefficient (Wildman–Crippen LogP) is 6.10. The molecule has 0 saturated heterocycles. The number of hydrogen-bond donors (Lipinski definition) is 1. The van der Waals surface area contributed by atoms with Gasteiger partial charge in [0, 0.05) is 13.0 Å². The molecule has 4 aromatic rings. The van der Waals surface area contributed by atoms with E-state index in [-0.39, 0.29) is 23.9 Å². The summed E-state index contributed by atoms with van der Waals surface area (Å²) in [6, 6.07) is 27.3. The zero-order valence-corrected chi connectivity index (χ0v) is 28.8. The van der Waals surface area contributed by atoms with E-state index < -0.39 is 15.7 Å². The number of fused-ring (bicyclic) bond motifs is 1. The summed E-state index contributed by atoms with van der Waals surface area (Å²) in [4.78, 5) is 15.2. The van der Waals surface area contributed by atoms with Crippen LogP contribution < -0.4 is 18.9 Å². The van der Waals surface area contributed by atoms with Gasteiger partial charge in [0.15, 0.2) is 23.0 Å². The van der Waals surface area contributed by atoms with E-state index in [1.54, 1.807) is 46.6 Å². The summed E-state index contributed by atoms with van der Waals surface area (Å²) in [5, 5.41) is 0. The van der Waals surface area contributed by atoms with Gasteiger partial charge in [0.2, 0.25) is 0 Å². The Bertz CT molecular complexity index is 1760. The molecule has 5 rings (SSSR count). The number of carbonyl (C=O) groups excluding carboxylic acids is 1. The molecule has 0 aromatic heterocycles. The maximum absolute atomic E-state index is 13.0. The number of likely N-dealkylation sites (N-methyl/N-ethyl adjacent to an activating group) is 1. The van der Waals surface area contributed by atoms with Crippen LogP contribution in [0.15, 0.2) is 95.9 Å². The Balaban J connectivity index is 0.000000445. The van der Waals surface area contributed by atoms with Crippen LogP contribution in [-0.2, 0) is 44.6 Å². The Morgan fingerprint density at radius 3 is 1.94 bits per heavy atom. The van der Waals surface area contributed by atoms with E-state index in [1.807, 2.05) is 42.5 Å². The first-order valence-corrected chi connectivity index (χ1v) is 16.9. The fourth-order valence-electron chi connectivity index (χ4n) is 5.95. The van der Waals surface area contributed by atoms with Gasteiger partial charge in [0.05, 0.1) is 38.9 Å². The van der Waals surface area contributed by atoms with Crippen LogP contribution in [0, 0.1) is 0 Å². The fraction of sp³-hybridized carbons (Fsp3) is 0.324. The van der Waals surface area contributed by atoms with Crippen molar-refractivity contribution in [3.8, 4) is 23.0 Å². The van der Waals surface area contributed by atoms with Crippen molar-refractivity contribution in [2.24, 2.45) is 0 Å². The minimum absolute atomic E-state index is 0.0741. The van der Waals surface area contributed by atoms with Gasteiger partial charge in [0.25, 0.3) is 10.1 Å². The Kier molecular flexibility index (Phi) is 12.5. The van der Waals surface area contributed by atoms with E-state index >= 15 is 0 Å². The van der Waals surface area contributed by atoms with Crippen molar-refractivity contribution in [1.29, 1.82) is 0 Å². The van der Waals surface area contributed by atoms with Crippen LogP contribution >= 0.6 is 0 Å². The third-order valence-electron chi connectivity index (χ3n) is 8.53. The highest BCUT2D eigenvalue weighted by atomic mass is 32.2. The minimum Gasteiger partial charge on any atom is -0.493 e.